The maximum Gasteiger partial charge on any atom is 0.373 e. The summed E-state index contributed by atoms with van der Waals surface area (Å²) >= 11 is 2.38. The molecule has 0 aliphatic heterocycles. The summed E-state index contributed by atoms with van der Waals surface area (Å²) in [5.74, 6) is 2.04. The van der Waals surface area contributed by atoms with Gasteiger partial charge >= 0.3 is 34.8 Å². The molecule has 31 heteroatoms. The number of nitro groups is 2. The molecule has 0 atom stereocenters. The molecule has 24 nitrogen and oxygen atoms in total. The molecule has 0 radical (unpaired) electrons. The number of hydrogen-bond donors (Lipinski definition) is 4. The number of aromatic amines is 2. The number of H-pyrrole nitrogens is 2. The van der Waals surface area contributed by atoms with Crippen LogP contribution in [0, 0.1) is 90.6 Å². The normalized spacial score (nSPS) is 10.8. The van der Waals surface area contributed by atoms with Crippen LogP contribution in [0.25, 0.3) is 65.4 Å². The second-order valence-electron chi connectivity index (χ2n) is 32.8. The maximum atomic E-state index is 13.5. The summed E-state index contributed by atoms with van der Waals surface area (Å²) in [5.41, 5.74) is 16.0. The number of rotatable bonds is 21. The molecule has 686 valence electrons. The van der Waals surface area contributed by atoms with Crippen molar-refractivity contribution in [2.24, 2.45) is 35.5 Å². The van der Waals surface area contributed by atoms with Gasteiger partial charge in [0.15, 0.2) is 0 Å². The van der Waals surface area contributed by atoms with E-state index in [1.165, 1.54) is 93.4 Å². The fraction of sp³-hybridized carbons (Fsp3) is 0.337. The molecule has 5 N–H and O–H groups in total. The van der Waals surface area contributed by atoms with Crippen molar-refractivity contribution in [1.29, 1.82) is 0 Å². The Kier molecular flexibility index (Phi) is 41.6. The SMILES string of the molecule is CC(C)CI.CC(C)Cn1c(CO)cc2cc(F)ccc21.CC(C)Cn1c(Cn2cccc(N)c2=O)cc2cc(F)ccc21.CC(C)Cn1c(Cn2cccc([N+](=O)[O-])c2=O)cc2cc(F)ccc21.CCc1cc2cc(F)ccc2[nH]1.CCc1cc2cc(F)ccc2n1CC(C)C.CCc1cc2cc(F)ccc2n1CC(C)C.O=C=O.O=C=O.O=c1[nH]cccc1[N+](=O)[O-]. The van der Waals surface area contributed by atoms with Gasteiger partial charge in [-0.25, -0.2) is 26.3 Å². The monoisotopic (exact) mass is 1890 g/mol. The van der Waals surface area contributed by atoms with Crippen LogP contribution in [0.5, 0.6) is 0 Å². The molecular formula is C98H113F6IN12O12. The number of aliphatic hydroxyl groups is 1. The minimum absolute atomic E-state index is 0.0109. The van der Waals surface area contributed by atoms with Gasteiger partial charge in [0.2, 0.25) is 0 Å². The van der Waals surface area contributed by atoms with Crippen molar-refractivity contribution in [2.45, 2.75) is 176 Å². The number of aliphatic hydroxyl groups excluding tert-OH is 1. The smallest absolute Gasteiger partial charge is 0.373 e. The minimum atomic E-state index is -0.723. The van der Waals surface area contributed by atoms with Crippen molar-refractivity contribution in [2.75, 3.05) is 10.2 Å². The van der Waals surface area contributed by atoms with E-state index in [2.05, 4.69) is 167 Å². The number of carbonyl (C=O) groups excluding carboxylic acids is 4. The van der Waals surface area contributed by atoms with Crippen LogP contribution in [0.2, 0.25) is 0 Å². The zero-order valence-corrected chi connectivity index (χ0v) is 77.3. The van der Waals surface area contributed by atoms with Gasteiger partial charge in [0.25, 0.3) is 5.56 Å². The molecule has 0 unspecified atom stereocenters. The van der Waals surface area contributed by atoms with E-state index in [1.54, 1.807) is 77.5 Å². The fourth-order valence-electron chi connectivity index (χ4n) is 14.1. The van der Waals surface area contributed by atoms with Gasteiger partial charge in [-0.15, -0.1) is 0 Å². The Morgan fingerprint density at radius 1 is 0.403 bits per heavy atom. The third kappa shape index (κ3) is 30.9. The fourth-order valence-corrected chi connectivity index (χ4v) is 14.1. The second-order valence-corrected chi connectivity index (χ2v) is 33.7. The van der Waals surface area contributed by atoms with Gasteiger partial charge in [-0.05, 0) is 225 Å². The molecule has 129 heavy (non-hydrogen) atoms. The van der Waals surface area contributed by atoms with Gasteiger partial charge < -0.3 is 52.8 Å². The lowest BCUT2D eigenvalue weighted by Gasteiger charge is -2.14. The largest absolute Gasteiger partial charge is 0.394 e. The van der Waals surface area contributed by atoms with E-state index in [1.807, 2.05) is 41.0 Å². The van der Waals surface area contributed by atoms with E-state index in [0.29, 0.717) is 42.7 Å². The number of alkyl halides is 1. The zero-order valence-electron chi connectivity index (χ0n) is 75.2. The molecule has 9 heterocycles. The number of fused-ring (bicyclic) bond motifs is 6. The molecule has 0 saturated carbocycles. The van der Waals surface area contributed by atoms with Crippen molar-refractivity contribution >= 4 is 117 Å². The molecule has 9 aromatic heterocycles. The highest BCUT2D eigenvalue weighted by Gasteiger charge is 2.20. The lowest BCUT2D eigenvalue weighted by Crippen LogP contribution is -2.23. The number of nitrogens with one attached hydrogen (secondary N) is 2. The van der Waals surface area contributed by atoms with Gasteiger partial charge in [0.1, 0.15) is 34.9 Å². The third-order valence-electron chi connectivity index (χ3n) is 19.6. The second kappa shape index (κ2) is 51.1. The van der Waals surface area contributed by atoms with Crippen LogP contribution in [-0.2, 0) is 90.9 Å². The molecule has 0 aliphatic carbocycles. The zero-order chi connectivity index (χ0) is 95.6. The topological polar surface area (TPSA) is 318 Å². The van der Waals surface area contributed by atoms with Crippen LogP contribution in [0.1, 0.15) is 138 Å². The van der Waals surface area contributed by atoms with Gasteiger partial charge in [-0.3, -0.25) is 34.6 Å². The first kappa shape index (κ1) is 105. The number of anilines is 1. The van der Waals surface area contributed by atoms with E-state index < -0.39 is 32.3 Å². The molecular weight excluding hydrogens is 1780 g/mol. The summed E-state index contributed by atoms with van der Waals surface area (Å²) < 4.78 is 94.1. The Bertz CT molecular complexity index is 6240. The van der Waals surface area contributed by atoms with Crippen LogP contribution in [0.4, 0.5) is 43.4 Å². The highest BCUT2D eigenvalue weighted by Crippen LogP contribution is 2.29. The summed E-state index contributed by atoms with van der Waals surface area (Å²) in [7, 11) is 0. The van der Waals surface area contributed by atoms with Crippen molar-refractivity contribution in [3.63, 3.8) is 0 Å². The lowest BCUT2D eigenvalue weighted by atomic mass is 10.2. The highest BCUT2D eigenvalue weighted by atomic mass is 127. The summed E-state index contributed by atoms with van der Waals surface area (Å²) in [6.45, 7) is 37.2. The first-order valence-electron chi connectivity index (χ1n) is 42.2. The summed E-state index contributed by atoms with van der Waals surface area (Å²) in [5, 5.41) is 35.7. The van der Waals surface area contributed by atoms with Crippen LogP contribution < -0.4 is 22.4 Å². The van der Waals surface area contributed by atoms with Gasteiger partial charge in [0.05, 0.1) is 35.2 Å². The van der Waals surface area contributed by atoms with Crippen LogP contribution in [0.15, 0.2) is 215 Å². The Labute approximate surface area is 757 Å². The molecule has 15 rings (SSSR count). The molecule has 0 bridgehead atoms. The highest BCUT2D eigenvalue weighted by molar-refractivity contribution is 14.1. The van der Waals surface area contributed by atoms with E-state index in [4.69, 9.17) is 24.9 Å². The molecule has 0 amide bonds. The number of aryl methyl sites for hydroxylation is 3. The van der Waals surface area contributed by atoms with Gasteiger partial charge in [-0.2, -0.15) is 19.2 Å². The molecule has 15 aromatic rings. The predicted octanol–water partition coefficient (Wildman–Crippen LogP) is 21.8. The number of pyridine rings is 3. The average molecular weight is 1890 g/mol. The molecule has 0 spiro atoms. The van der Waals surface area contributed by atoms with E-state index in [9.17, 15) is 66.1 Å². The molecule has 0 aliphatic rings. The van der Waals surface area contributed by atoms with Crippen molar-refractivity contribution in [3.05, 3.63) is 321 Å². The van der Waals surface area contributed by atoms with Crippen LogP contribution in [0.3, 0.4) is 0 Å². The summed E-state index contributed by atoms with van der Waals surface area (Å²) in [6.07, 6.45) is 8.02. The van der Waals surface area contributed by atoms with Crippen LogP contribution >= 0.6 is 22.6 Å². The van der Waals surface area contributed by atoms with E-state index in [-0.39, 0.29) is 71.6 Å². The number of nitrogen functional groups attached to an aromatic ring is 1. The first-order chi connectivity index (χ1) is 61.3. The minimum Gasteiger partial charge on any atom is -0.394 e. The number of halogens is 7. The Morgan fingerprint density at radius 3 is 1.02 bits per heavy atom. The molecule has 0 saturated heterocycles. The number of hydrogen-bond acceptors (Lipinski definition) is 13. The van der Waals surface area contributed by atoms with Crippen molar-refractivity contribution in [1.82, 2.24) is 41.9 Å². The number of nitrogens with two attached hydrogens (primary N) is 1. The standard InChI is InChI=1S/C18H18FN3O3.C18H20FN3O.2C14H18FN.C13H16FNO.C10H10FN.C5H4N2O3.C4H9I.2CO2/c1-12(2)10-21-15(9-13-8-14(19)5-6-16(13)21)11-20-7-3-4-17(18(20)23)22(24)25;1-12(2)10-22-15(9-13-8-14(19)5-6-17(13)22)11-21-7-3-4-16(20)18(21)23;2*1-4-13-8-11-7-12(15)5-6-14(11)16(13)9-10(2)3;1-9(2)7-15-12(8-16)6-10-5-11(14)3-4-13(10)15;1-2-9-6-7-5-8(11)3-4-10(7)12-9;8-5-4(7(9)10)2-1-3-6-5;1-4(2)3-5;2*2-1-3/h3-9,12H,10-11H2,1-2H3;3-9,12H,10-11,20H2,1-2H3;2*5-8,10H,4,9H2,1-3H3;3-6,9,16H,7-8H2,1-2H3;3-6,12H,2H2,1H3;1-3H,(H,6,8);4H,3H2,1-2H3;;. The van der Waals surface area contributed by atoms with Gasteiger partial charge in [-0.1, -0.05) is 126 Å². The summed E-state index contributed by atoms with van der Waals surface area (Å²) in [4.78, 5) is 92.4. The van der Waals surface area contributed by atoms with Crippen molar-refractivity contribution < 1.29 is 60.5 Å². The number of nitrogens with zero attached hydrogens (tertiary/aromatic N) is 9. The van der Waals surface area contributed by atoms with E-state index in [0.717, 1.165) is 146 Å². The number of aromatic nitrogens is 9. The average Bonchev–Trinajstić information content (AvgIpc) is 1.64. The Morgan fingerprint density at radius 2 is 0.705 bits per heavy atom. The molecule has 6 aromatic carbocycles. The Balaban J connectivity index is 0.000000231. The molecule has 0 fully saturated rings. The number of benzene rings is 6. The van der Waals surface area contributed by atoms with Gasteiger partial charge in [0, 0.05) is 167 Å². The van der Waals surface area contributed by atoms with Crippen molar-refractivity contribution in [3.8, 4) is 0 Å². The van der Waals surface area contributed by atoms with Crippen LogP contribution in [-0.4, -0.2) is 73.6 Å². The summed E-state index contributed by atoms with van der Waals surface area (Å²) in [6, 6.07) is 49.3. The third-order valence-corrected chi connectivity index (χ3v) is 21.4. The first-order valence-corrected chi connectivity index (χ1v) is 43.7. The quantitative estimate of drug-likeness (QED) is 0.0171. The predicted molar refractivity (Wildman–Crippen MR) is 504 cm³/mol. The maximum absolute atomic E-state index is 13.5. The Hall–Kier alpha value is -13.0. The van der Waals surface area contributed by atoms with E-state index >= 15 is 0 Å². The lowest BCUT2D eigenvalue weighted by molar-refractivity contribution is -0.386.